The van der Waals surface area contributed by atoms with E-state index in [1.165, 1.54) is 37.8 Å². The molecule has 1 aliphatic rings. The molecule has 2 rings (SSSR count). The van der Waals surface area contributed by atoms with Crippen LogP contribution in [0.15, 0.2) is 24.3 Å². The molecule has 1 N–H and O–H groups in total. The number of benzene rings is 1. The fourth-order valence-electron chi connectivity index (χ4n) is 3.14. The van der Waals surface area contributed by atoms with E-state index in [4.69, 9.17) is 0 Å². The first-order chi connectivity index (χ1) is 9.69. The summed E-state index contributed by atoms with van der Waals surface area (Å²) in [6.07, 6.45) is 5.36. The molecular weight excluding hydrogens is 251 g/mol. The van der Waals surface area contributed by atoms with E-state index >= 15 is 0 Å². The summed E-state index contributed by atoms with van der Waals surface area (Å²) in [5, 5.41) is 3.68. The Hall–Kier alpha value is -1.09. The number of hydrogen-bond donors (Lipinski definition) is 1. The topological polar surface area (TPSA) is 15.3 Å². The second kappa shape index (κ2) is 7.63. The van der Waals surface area contributed by atoms with Crippen molar-refractivity contribution in [1.29, 1.82) is 0 Å². The summed E-state index contributed by atoms with van der Waals surface area (Å²) in [5.74, 6) is 0.694. The molecule has 1 aliphatic carbocycles. The summed E-state index contributed by atoms with van der Waals surface area (Å²) < 4.78 is 13.0. The van der Waals surface area contributed by atoms with Gasteiger partial charge in [-0.2, -0.15) is 0 Å². The predicted octanol–water partition coefficient (Wildman–Crippen LogP) is 3.82. The van der Waals surface area contributed by atoms with Crippen LogP contribution in [0.3, 0.4) is 0 Å². The molecule has 0 spiro atoms. The van der Waals surface area contributed by atoms with Gasteiger partial charge in [0.1, 0.15) is 5.82 Å². The van der Waals surface area contributed by atoms with Crippen LogP contribution in [0.2, 0.25) is 0 Å². The molecule has 1 fully saturated rings. The van der Waals surface area contributed by atoms with E-state index in [1.54, 1.807) is 0 Å². The summed E-state index contributed by atoms with van der Waals surface area (Å²) >= 11 is 0. The zero-order chi connectivity index (χ0) is 14.4. The van der Waals surface area contributed by atoms with Crippen molar-refractivity contribution in [2.24, 2.45) is 5.92 Å². The Morgan fingerprint density at radius 3 is 2.65 bits per heavy atom. The van der Waals surface area contributed by atoms with Crippen molar-refractivity contribution >= 4 is 5.69 Å². The normalized spacial score (nSPS) is 22.8. The lowest BCUT2D eigenvalue weighted by Crippen LogP contribution is -2.39. The Labute approximate surface area is 122 Å². The Bertz CT molecular complexity index is 390. The highest BCUT2D eigenvalue weighted by atomic mass is 19.1. The number of rotatable bonds is 6. The quantitative estimate of drug-likeness (QED) is 0.851. The third kappa shape index (κ3) is 4.48. The van der Waals surface area contributed by atoms with Crippen LogP contribution in [0, 0.1) is 11.7 Å². The van der Waals surface area contributed by atoms with Crippen molar-refractivity contribution in [3.05, 3.63) is 30.1 Å². The number of anilines is 1. The molecule has 0 saturated heterocycles. The van der Waals surface area contributed by atoms with Crippen molar-refractivity contribution < 1.29 is 4.39 Å². The molecule has 1 aromatic rings. The molecule has 0 heterocycles. The van der Waals surface area contributed by atoms with Crippen LogP contribution in [0.4, 0.5) is 10.1 Å². The van der Waals surface area contributed by atoms with Gasteiger partial charge < -0.3 is 10.2 Å². The minimum absolute atomic E-state index is 0.167. The number of nitrogens with one attached hydrogen (secondary N) is 1. The van der Waals surface area contributed by atoms with Gasteiger partial charge in [-0.1, -0.05) is 19.8 Å². The molecule has 1 aromatic carbocycles. The highest BCUT2D eigenvalue weighted by Gasteiger charge is 2.18. The summed E-state index contributed by atoms with van der Waals surface area (Å²) in [6.45, 7) is 7.43. The van der Waals surface area contributed by atoms with E-state index in [9.17, 15) is 4.39 Å². The largest absolute Gasteiger partial charge is 0.371 e. The third-order valence-corrected chi connectivity index (χ3v) is 4.32. The molecule has 2 atom stereocenters. The van der Waals surface area contributed by atoms with Gasteiger partial charge >= 0.3 is 0 Å². The highest BCUT2D eigenvalue weighted by Crippen LogP contribution is 2.23. The Balaban J connectivity index is 1.77. The van der Waals surface area contributed by atoms with Crippen LogP contribution < -0.4 is 10.2 Å². The molecule has 0 amide bonds. The molecule has 0 aromatic heterocycles. The fraction of sp³-hybridized carbons (Fsp3) is 0.647. The molecule has 1 saturated carbocycles. The molecule has 0 radical (unpaired) electrons. The molecule has 0 bridgehead atoms. The van der Waals surface area contributed by atoms with Crippen molar-refractivity contribution in [3.8, 4) is 0 Å². The van der Waals surface area contributed by atoms with Gasteiger partial charge in [0.05, 0.1) is 0 Å². The fourth-order valence-corrected chi connectivity index (χ4v) is 3.14. The van der Waals surface area contributed by atoms with E-state index in [2.05, 4.69) is 24.1 Å². The van der Waals surface area contributed by atoms with Crippen LogP contribution in [0.5, 0.6) is 0 Å². The molecule has 112 valence electrons. The maximum Gasteiger partial charge on any atom is 0.123 e. The Morgan fingerprint density at radius 2 is 2.00 bits per heavy atom. The van der Waals surface area contributed by atoms with Gasteiger partial charge in [0.25, 0.3) is 0 Å². The van der Waals surface area contributed by atoms with Gasteiger partial charge in [-0.25, -0.2) is 4.39 Å². The van der Waals surface area contributed by atoms with Crippen molar-refractivity contribution in [3.63, 3.8) is 0 Å². The van der Waals surface area contributed by atoms with Crippen LogP contribution in [0.1, 0.15) is 39.5 Å². The second-order valence-electron chi connectivity index (χ2n) is 5.98. The summed E-state index contributed by atoms with van der Waals surface area (Å²) in [5.41, 5.74) is 1.10. The van der Waals surface area contributed by atoms with Gasteiger partial charge in [0.15, 0.2) is 0 Å². The zero-order valence-corrected chi connectivity index (χ0v) is 12.7. The van der Waals surface area contributed by atoms with Crippen molar-refractivity contribution in [2.45, 2.75) is 45.6 Å². The minimum atomic E-state index is -0.167. The molecular formula is C17H27FN2. The lowest BCUT2D eigenvalue weighted by molar-refractivity contribution is 0.303. The average Bonchev–Trinajstić information content (AvgIpc) is 2.45. The summed E-state index contributed by atoms with van der Waals surface area (Å²) in [7, 11) is 0. The minimum Gasteiger partial charge on any atom is -0.371 e. The zero-order valence-electron chi connectivity index (χ0n) is 12.7. The van der Waals surface area contributed by atoms with Crippen molar-refractivity contribution in [2.75, 3.05) is 24.5 Å². The van der Waals surface area contributed by atoms with E-state index in [0.717, 1.165) is 31.2 Å². The monoisotopic (exact) mass is 278 g/mol. The second-order valence-corrected chi connectivity index (χ2v) is 5.98. The standard InChI is InChI=1S/C17H27FN2/c1-3-20(17-9-7-15(18)8-10-17)12-11-19-16-6-4-5-14(2)13-16/h7-10,14,16,19H,3-6,11-13H2,1-2H3. The first-order valence-corrected chi connectivity index (χ1v) is 7.93. The van der Waals surface area contributed by atoms with Crippen molar-refractivity contribution in [1.82, 2.24) is 5.32 Å². The average molecular weight is 278 g/mol. The summed E-state index contributed by atoms with van der Waals surface area (Å²) in [6, 6.07) is 7.48. The molecule has 0 aliphatic heterocycles. The van der Waals surface area contributed by atoms with Gasteiger partial charge in [-0.15, -0.1) is 0 Å². The number of halogens is 1. The smallest absolute Gasteiger partial charge is 0.123 e. The van der Waals surface area contributed by atoms with Crippen LogP contribution >= 0.6 is 0 Å². The van der Waals surface area contributed by atoms with E-state index in [-0.39, 0.29) is 5.82 Å². The number of likely N-dealkylation sites (N-methyl/N-ethyl adjacent to an activating group) is 1. The van der Waals surface area contributed by atoms with Crippen LogP contribution in [-0.2, 0) is 0 Å². The Morgan fingerprint density at radius 1 is 1.25 bits per heavy atom. The summed E-state index contributed by atoms with van der Waals surface area (Å²) in [4.78, 5) is 2.29. The molecule has 2 nitrogen and oxygen atoms in total. The highest BCUT2D eigenvalue weighted by molar-refractivity contribution is 5.46. The maximum atomic E-state index is 13.0. The van der Waals surface area contributed by atoms with E-state index < -0.39 is 0 Å². The SMILES string of the molecule is CCN(CCNC1CCCC(C)C1)c1ccc(F)cc1. The lowest BCUT2D eigenvalue weighted by atomic mass is 9.87. The first-order valence-electron chi connectivity index (χ1n) is 7.93. The Kier molecular flexibility index (Phi) is 5.84. The maximum absolute atomic E-state index is 13.0. The van der Waals surface area contributed by atoms with Gasteiger partial charge in [-0.3, -0.25) is 0 Å². The number of nitrogens with zero attached hydrogens (tertiary/aromatic N) is 1. The van der Waals surface area contributed by atoms with Gasteiger partial charge in [0, 0.05) is 31.4 Å². The molecule has 2 unspecified atom stereocenters. The third-order valence-electron chi connectivity index (χ3n) is 4.32. The molecule has 20 heavy (non-hydrogen) atoms. The van der Waals surface area contributed by atoms with Gasteiger partial charge in [0.2, 0.25) is 0 Å². The van der Waals surface area contributed by atoms with Crippen LogP contribution in [0.25, 0.3) is 0 Å². The van der Waals surface area contributed by atoms with E-state index in [0.29, 0.717) is 6.04 Å². The van der Waals surface area contributed by atoms with Gasteiger partial charge in [-0.05, 0) is 49.9 Å². The lowest BCUT2D eigenvalue weighted by Gasteiger charge is -2.29. The van der Waals surface area contributed by atoms with E-state index in [1.807, 2.05) is 12.1 Å². The number of hydrogen-bond acceptors (Lipinski definition) is 2. The predicted molar refractivity (Wildman–Crippen MR) is 83.7 cm³/mol. The van der Waals surface area contributed by atoms with Crippen LogP contribution in [-0.4, -0.2) is 25.7 Å². The first kappa shape index (κ1) is 15.3. The molecule has 3 heteroatoms.